The molecular formula is C14H16N2O4S. The average molecular weight is 308 g/mol. The number of aliphatic hydroxyl groups is 1. The number of aliphatic hydroxyl groups excluding tert-OH is 1. The molecule has 1 aliphatic heterocycles. The molecule has 1 aliphatic rings. The van der Waals surface area contributed by atoms with E-state index < -0.39 is 21.3 Å². The van der Waals surface area contributed by atoms with E-state index in [-0.39, 0.29) is 23.8 Å². The van der Waals surface area contributed by atoms with Crippen LogP contribution in [0.5, 0.6) is 0 Å². The quantitative estimate of drug-likeness (QED) is 0.733. The molecule has 2 rings (SSSR count). The fourth-order valence-corrected chi connectivity index (χ4v) is 4.28. The van der Waals surface area contributed by atoms with Crippen LogP contribution in [0.25, 0.3) is 0 Å². The lowest BCUT2D eigenvalue weighted by atomic mass is 10.0. The van der Waals surface area contributed by atoms with Crippen LogP contribution in [0.15, 0.2) is 18.3 Å². The first-order valence-electron chi connectivity index (χ1n) is 6.42. The van der Waals surface area contributed by atoms with Gasteiger partial charge < -0.3 is 10.4 Å². The molecular weight excluding hydrogens is 292 g/mol. The maximum atomic E-state index is 12.1. The lowest BCUT2D eigenvalue weighted by Crippen LogP contribution is -2.47. The van der Waals surface area contributed by atoms with Gasteiger partial charge in [0.05, 0.1) is 17.0 Å². The van der Waals surface area contributed by atoms with Crippen LogP contribution in [0.4, 0.5) is 0 Å². The van der Waals surface area contributed by atoms with E-state index in [1.165, 1.54) is 12.3 Å². The fraction of sp³-hybridized carbons (Fsp3) is 0.429. The zero-order valence-corrected chi connectivity index (χ0v) is 12.4. The molecule has 0 aliphatic carbocycles. The predicted molar refractivity (Wildman–Crippen MR) is 77.3 cm³/mol. The van der Waals surface area contributed by atoms with Gasteiger partial charge in [0, 0.05) is 11.8 Å². The van der Waals surface area contributed by atoms with Crippen molar-refractivity contribution in [1.29, 1.82) is 0 Å². The van der Waals surface area contributed by atoms with Crippen molar-refractivity contribution in [3.05, 3.63) is 29.6 Å². The third-order valence-corrected chi connectivity index (χ3v) is 5.13. The average Bonchev–Trinajstić information content (AvgIpc) is 2.70. The van der Waals surface area contributed by atoms with Gasteiger partial charge >= 0.3 is 0 Å². The maximum absolute atomic E-state index is 12.1. The Morgan fingerprint density at radius 3 is 2.81 bits per heavy atom. The minimum Gasteiger partial charge on any atom is -0.384 e. The Bertz CT molecular complexity index is 701. The Labute approximate surface area is 123 Å². The highest BCUT2D eigenvalue weighted by atomic mass is 32.2. The number of carbonyl (C=O) groups excluding carboxylic acids is 1. The summed E-state index contributed by atoms with van der Waals surface area (Å²) in [7, 11) is -3.08. The number of nitrogens with zero attached hydrogens (tertiary/aromatic N) is 1. The highest BCUT2D eigenvalue weighted by Crippen LogP contribution is 2.23. The van der Waals surface area contributed by atoms with Gasteiger partial charge in [-0.15, -0.1) is 0 Å². The molecule has 1 aromatic rings. The molecule has 0 radical (unpaired) electrons. The molecule has 1 fully saturated rings. The van der Waals surface area contributed by atoms with Gasteiger partial charge in [0.25, 0.3) is 5.91 Å². The SMILES string of the molecule is CC1(NC(=O)c2ccc(C#CCO)cn2)CCS(=O)(=O)C1. The summed E-state index contributed by atoms with van der Waals surface area (Å²) in [6.45, 7) is 1.48. The van der Waals surface area contributed by atoms with Crippen molar-refractivity contribution in [3.63, 3.8) is 0 Å². The molecule has 0 aromatic carbocycles. The Kier molecular flexibility index (Phi) is 4.30. The van der Waals surface area contributed by atoms with E-state index >= 15 is 0 Å². The van der Waals surface area contributed by atoms with Crippen LogP contribution < -0.4 is 5.32 Å². The topological polar surface area (TPSA) is 96.4 Å². The molecule has 6 nitrogen and oxygen atoms in total. The van der Waals surface area contributed by atoms with Crippen LogP contribution in [0.3, 0.4) is 0 Å². The molecule has 21 heavy (non-hydrogen) atoms. The van der Waals surface area contributed by atoms with Crippen molar-refractivity contribution in [2.75, 3.05) is 18.1 Å². The van der Waals surface area contributed by atoms with Crippen molar-refractivity contribution >= 4 is 15.7 Å². The number of sulfone groups is 1. The largest absolute Gasteiger partial charge is 0.384 e. The molecule has 1 atom stereocenters. The molecule has 1 amide bonds. The van der Waals surface area contributed by atoms with E-state index in [1.807, 2.05) is 0 Å². The van der Waals surface area contributed by atoms with Crippen molar-refractivity contribution in [3.8, 4) is 11.8 Å². The molecule has 1 aromatic heterocycles. The molecule has 2 N–H and O–H groups in total. The van der Waals surface area contributed by atoms with E-state index in [2.05, 4.69) is 22.1 Å². The highest BCUT2D eigenvalue weighted by Gasteiger charge is 2.39. The molecule has 112 valence electrons. The van der Waals surface area contributed by atoms with Gasteiger partial charge in [0.2, 0.25) is 0 Å². The number of pyridine rings is 1. The summed E-state index contributed by atoms with van der Waals surface area (Å²) < 4.78 is 23.0. The van der Waals surface area contributed by atoms with E-state index in [0.717, 1.165) is 0 Å². The molecule has 7 heteroatoms. The second-order valence-electron chi connectivity index (χ2n) is 5.25. The lowest BCUT2D eigenvalue weighted by molar-refractivity contribution is 0.0910. The van der Waals surface area contributed by atoms with Crippen LogP contribution in [0.2, 0.25) is 0 Å². The van der Waals surface area contributed by atoms with Gasteiger partial charge in [-0.25, -0.2) is 13.4 Å². The number of carbonyl (C=O) groups is 1. The summed E-state index contributed by atoms with van der Waals surface area (Å²) >= 11 is 0. The van der Waals surface area contributed by atoms with Crippen molar-refractivity contribution in [2.24, 2.45) is 0 Å². The lowest BCUT2D eigenvalue weighted by Gasteiger charge is -2.23. The third kappa shape index (κ3) is 4.03. The zero-order chi connectivity index (χ0) is 15.5. The minimum atomic E-state index is -3.08. The molecule has 2 heterocycles. The molecule has 1 saturated heterocycles. The van der Waals surface area contributed by atoms with E-state index in [0.29, 0.717) is 12.0 Å². The van der Waals surface area contributed by atoms with Crippen molar-refractivity contribution in [2.45, 2.75) is 18.9 Å². The predicted octanol–water partition coefficient (Wildman–Crippen LogP) is -0.268. The second-order valence-corrected chi connectivity index (χ2v) is 7.43. The van der Waals surface area contributed by atoms with Gasteiger partial charge in [-0.1, -0.05) is 11.8 Å². The van der Waals surface area contributed by atoms with Gasteiger partial charge in [0.15, 0.2) is 9.84 Å². The molecule has 0 bridgehead atoms. The minimum absolute atomic E-state index is 0.0498. The monoisotopic (exact) mass is 308 g/mol. The Balaban J connectivity index is 2.07. The van der Waals surface area contributed by atoms with Gasteiger partial charge in [-0.3, -0.25) is 4.79 Å². The highest BCUT2D eigenvalue weighted by molar-refractivity contribution is 7.91. The number of rotatable bonds is 2. The van der Waals surface area contributed by atoms with Crippen LogP contribution in [0, 0.1) is 11.8 Å². The van der Waals surface area contributed by atoms with E-state index in [1.54, 1.807) is 13.0 Å². The van der Waals surface area contributed by atoms with Gasteiger partial charge in [0.1, 0.15) is 12.3 Å². The first kappa shape index (κ1) is 15.5. The van der Waals surface area contributed by atoms with Crippen LogP contribution >= 0.6 is 0 Å². The maximum Gasteiger partial charge on any atom is 0.270 e. The zero-order valence-electron chi connectivity index (χ0n) is 11.6. The van der Waals surface area contributed by atoms with Crippen LogP contribution in [-0.2, 0) is 9.84 Å². The summed E-state index contributed by atoms with van der Waals surface area (Å²) in [5.41, 5.74) is 0.0535. The molecule has 0 saturated carbocycles. The van der Waals surface area contributed by atoms with Crippen molar-refractivity contribution in [1.82, 2.24) is 10.3 Å². The Morgan fingerprint density at radius 2 is 2.29 bits per heavy atom. The summed E-state index contributed by atoms with van der Waals surface area (Å²) in [5, 5.41) is 11.3. The number of nitrogens with one attached hydrogen (secondary N) is 1. The standard InChI is InChI=1S/C14H16N2O4S/c1-14(6-8-21(19,20)10-14)16-13(18)12-5-4-11(9-15-12)3-2-7-17/h4-5,9,17H,6-8,10H2,1H3,(H,16,18). The van der Waals surface area contributed by atoms with Gasteiger partial charge in [-0.05, 0) is 25.5 Å². The first-order chi connectivity index (χ1) is 9.84. The number of amides is 1. The summed E-state index contributed by atoms with van der Waals surface area (Å²) in [5.74, 6) is 4.80. The van der Waals surface area contributed by atoms with Gasteiger partial charge in [-0.2, -0.15) is 0 Å². The third-order valence-electron chi connectivity index (χ3n) is 3.23. The number of hydrogen-bond acceptors (Lipinski definition) is 5. The van der Waals surface area contributed by atoms with E-state index in [9.17, 15) is 13.2 Å². The summed E-state index contributed by atoms with van der Waals surface area (Å²) in [4.78, 5) is 16.1. The Morgan fingerprint density at radius 1 is 1.52 bits per heavy atom. The number of hydrogen-bond donors (Lipinski definition) is 2. The summed E-state index contributed by atoms with van der Waals surface area (Å²) in [6.07, 6.45) is 1.84. The molecule has 0 spiro atoms. The normalized spacial score (nSPS) is 23.1. The fourth-order valence-electron chi connectivity index (χ4n) is 2.19. The van der Waals surface area contributed by atoms with E-state index in [4.69, 9.17) is 5.11 Å². The summed E-state index contributed by atoms with van der Waals surface area (Å²) in [6, 6.07) is 3.14. The molecule has 1 unspecified atom stereocenters. The first-order valence-corrected chi connectivity index (χ1v) is 8.24. The Hall–Kier alpha value is -1.91. The smallest absolute Gasteiger partial charge is 0.270 e. The van der Waals surface area contributed by atoms with Crippen LogP contribution in [0.1, 0.15) is 29.4 Å². The van der Waals surface area contributed by atoms with Crippen molar-refractivity contribution < 1.29 is 18.3 Å². The second kappa shape index (κ2) is 5.84. The van der Waals surface area contributed by atoms with Crippen LogP contribution in [-0.4, -0.2) is 48.1 Å². The number of aromatic nitrogens is 1.